The van der Waals surface area contributed by atoms with Gasteiger partial charge < -0.3 is 9.47 Å². The molecule has 1 aromatic heterocycles. The van der Waals surface area contributed by atoms with Gasteiger partial charge in [0, 0.05) is 6.61 Å². The average Bonchev–Trinajstić information content (AvgIpc) is 3.38. The Morgan fingerprint density at radius 1 is 1.21 bits per heavy atom. The van der Waals surface area contributed by atoms with Gasteiger partial charge in [0.25, 0.3) is 5.91 Å². The summed E-state index contributed by atoms with van der Waals surface area (Å²) in [5.41, 5.74) is 3.26. The minimum atomic E-state index is -0.103. The quantitative estimate of drug-likeness (QED) is 0.615. The Balaban J connectivity index is 1.60. The molecular weight excluding hydrogens is 372 g/mol. The van der Waals surface area contributed by atoms with Crippen LogP contribution in [0.2, 0.25) is 0 Å². The highest BCUT2D eigenvalue weighted by atomic mass is 32.1. The molecule has 2 aromatic carbocycles. The largest absolute Gasteiger partial charge is 0.484 e. The molecule has 0 spiro atoms. The number of benzene rings is 2. The molecule has 0 aliphatic carbocycles. The maximum Gasteiger partial charge on any atom is 0.266 e. The van der Waals surface area contributed by atoms with E-state index in [0.29, 0.717) is 17.4 Å². The van der Waals surface area contributed by atoms with E-state index in [2.05, 4.69) is 26.0 Å². The maximum absolute atomic E-state index is 13.1. The molecule has 1 aliphatic rings. The number of thiazole rings is 1. The number of nitrogens with zero attached hydrogens (tertiary/aromatic N) is 2. The van der Waals surface area contributed by atoms with Gasteiger partial charge in [-0.15, -0.1) is 0 Å². The molecule has 146 valence electrons. The first-order valence-electron chi connectivity index (χ1n) is 9.58. The van der Waals surface area contributed by atoms with Crippen molar-refractivity contribution in [3.8, 4) is 5.75 Å². The molecule has 2 heterocycles. The first-order valence-corrected chi connectivity index (χ1v) is 10.4. The topological polar surface area (TPSA) is 51.7 Å². The predicted molar refractivity (Wildman–Crippen MR) is 112 cm³/mol. The van der Waals surface area contributed by atoms with E-state index < -0.39 is 0 Å². The second-order valence-corrected chi connectivity index (χ2v) is 8.09. The van der Waals surface area contributed by atoms with Crippen molar-refractivity contribution in [2.45, 2.75) is 32.8 Å². The van der Waals surface area contributed by atoms with Gasteiger partial charge in [0.05, 0.1) is 22.9 Å². The van der Waals surface area contributed by atoms with Gasteiger partial charge in [-0.1, -0.05) is 41.7 Å². The summed E-state index contributed by atoms with van der Waals surface area (Å²) in [7, 11) is 0. The van der Waals surface area contributed by atoms with E-state index in [1.807, 2.05) is 30.3 Å². The van der Waals surface area contributed by atoms with E-state index in [4.69, 9.17) is 14.5 Å². The van der Waals surface area contributed by atoms with Gasteiger partial charge in [0.1, 0.15) is 5.75 Å². The molecule has 1 fully saturated rings. The summed E-state index contributed by atoms with van der Waals surface area (Å²) in [6.45, 7) is 5.37. The van der Waals surface area contributed by atoms with E-state index in [-0.39, 0.29) is 18.6 Å². The minimum Gasteiger partial charge on any atom is -0.484 e. The van der Waals surface area contributed by atoms with E-state index in [1.165, 1.54) is 5.56 Å². The van der Waals surface area contributed by atoms with Crippen LogP contribution in [0.1, 0.15) is 24.0 Å². The molecule has 28 heavy (non-hydrogen) atoms. The van der Waals surface area contributed by atoms with Gasteiger partial charge in [-0.25, -0.2) is 4.98 Å². The third-order valence-electron chi connectivity index (χ3n) is 4.98. The Bertz CT molecular complexity index is 926. The summed E-state index contributed by atoms with van der Waals surface area (Å²) in [5, 5.41) is 0.713. The minimum absolute atomic E-state index is 0.0232. The highest BCUT2D eigenvalue weighted by molar-refractivity contribution is 7.22. The molecule has 0 radical (unpaired) electrons. The van der Waals surface area contributed by atoms with E-state index in [1.54, 1.807) is 16.2 Å². The number of carbonyl (C=O) groups excluding carboxylic acids is 1. The number of hydrogen-bond donors (Lipinski definition) is 0. The van der Waals surface area contributed by atoms with Crippen LogP contribution in [-0.4, -0.2) is 36.8 Å². The average molecular weight is 397 g/mol. The third kappa shape index (κ3) is 4.03. The third-order valence-corrected chi connectivity index (χ3v) is 6.19. The highest BCUT2D eigenvalue weighted by Crippen LogP contribution is 2.33. The number of ether oxygens (including phenoxy) is 2. The summed E-state index contributed by atoms with van der Waals surface area (Å²) in [6.07, 6.45) is 2.05. The SMILES string of the molecule is Cc1ccc(C)c2sc(N(CC3CCCO3)C(=O)COc3ccccc3)nc12. The number of carbonyl (C=O) groups is 1. The molecule has 6 heteroatoms. The van der Waals surface area contributed by atoms with Crippen molar-refractivity contribution >= 4 is 32.6 Å². The van der Waals surface area contributed by atoms with Crippen molar-refractivity contribution in [2.75, 3.05) is 24.7 Å². The number of fused-ring (bicyclic) bond motifs is 1. The fourth-order valence-corrected chi connectivity index (χ4v) is 4.52. The number of amides is 1. The molecule has 0 N–H and O–H groups in total. The van der Waals surface area contributed by atoms with Gasteiger partial charge in [0.2, 0.25) is 0 Å². The van der Waals surface area contributed by atoms with E-state index >= 15 is 0 Å². The van der Waals surface area contributed by atoms with Crippen LogP contribution in [0.5, 0.6) is 5.75 Å². The lowest BCUT2D eigenvalue weighted by Crippen LogP contribution is -2.40. The zero-order valence-corrected chi connectivity index (χ0v) is 17.0. The number of aryl methyl sites for hydroxylation is 2. The molecular formula is C22H24N2O3S. The number of para-hydroxylation sites is 1. The van der Waals surface area contributed by atoms with Crippen molar-refractivity contribution in [3.05, 3.63) is 53.6 Å². The summed E-state index contributed by atoms with van der Waals surface area (Å²) < 4.78 is 12.6. The normalized spacial score (nSPS) is 16.4. The van der Waals surface area contributed by atoms with Crippen LogP contribution in [0.3, 0.4) is 0 Å². The smallest absolute Gasteiger partial charge is 0.266 e. The van der Waals surface area contributed by atoms with E-state index in [9.17, 15) is 4.79 Å². The molecule has 1 atom stereocenters. The fraction of sp³-hybridized carbons (Fsp3) is 0.364. The number of rotatable bonds is 6. The van der Waals surface area contributed by atoms with Crippen LogP contribution in [-0.2, 0) is 9.53 Å². The first-order chi connectivity index (χ1) is 13.6. The Kier molecular flexibility index (Phi) is 5.59. The summed E-state index contributed by atoms with van der Waals surface area (Å²) >= 11 is 1.56. The lowest BCUT2D eigenvalue weighted by atomic mass is 10.1. The van der Waals surface area contributed by atoms with E-state index in [0.717, 1.165) is 35.2 Å². The van der Waals surface area contributed by atoms with Crippen molar-refractivity contribution in [1.29, 1.82) is 0 Å². The van der Waals surface area contributed by atoms with Crippen LogP contribution >= 0.6 is 11.3 Å². The zero-order chi connectivity index (χ0) is 19.5. The monoisotopic (exact) mass is 396 g/mol. The van der Waals surface area contributed by atoms with Crippen LogP contribution in [0.25, 0.3) is 10.2 Å². The van der Waals surface area contributed by atoms with Gasteiger partial charge in [-0.05, 0) is 49.9 Å². The van der Waals surface area contributed by atoms with Gasteiger partial charge >= 0.3 is 0 Å². The lowest BCUT2D eigenvalue weighted by molar-refractivity contribution is -0.120. The second-order valence-electron chi connectivity index (χ2n) is 7.11. The van der Waals surface area contributed by atoms with Crippen molar-refractivity contribution in [3.63, 3.8) is 0 Å². The highest BCUT2D eigenvalue weighted by Gasteiger charge is 2.27. The Labute approximate surface area is 168 Å². The number of aromatic nitrogens is 1. The van der Waals surface area contributed by atoms with Gasteiger partial charge in [0.15, 0.2) is 11.7 Å². The molecule has 0 bridgehead atoms. The molecule has 5 nitrogen and oxygen atoms in total. The second kappa shape index (κ2) is 8.29. The predicted octanol–water partition coefficient (Wildman–Crippen LogP) is 4.50. The van der Waals surface area contributed by atoms with Crippen LogP contribution in [0.15, 0.2) is 42.5 Å². The lowest BCUT2D eigenvalue weighted by Gasteiger charge is -2.23. The molecule has 0 saturated carbocycles. The van der Waals surface area contributed by atoms with Gasteiger partial charge in [-0.3, -0.25) is 9.69 Å². The summed E-state index contributed by atoms with van der Waals surface area (Å²) in [4.78, 5) is 19.6. The van der Waals surface area contributed by atoms with Crippen LogP contribution in [0, 0.1) is 13.8 Å². The van der Waals surface area contributed by atoms with Crippen molar-refractivity contribution < 1.29 is 14.3 Å². The summed E-state index contributed by atoms with van der Waals surface area (Å²) in [6, 6.07) is 13.6. The molecule has 4 rings (SSSR count). The van der Waals surface area contributed by atoms with Crippen molar-refractivity contribution in [1.82, 2.24) is 4.98 Å². The molecule has 1 aliphatic heterocycles. The Morgan fingerprint density at radius 2 is 2.00 bits per heavy atom. The Morgan fingerprint density at radius 3 is 2.71 bits per heavy atom. The molecule has 1 amide bonds. The summed E-state index contributed by atoms with van der Waals surface area (Å²) in [5.74, 6) is 0.581. The Hall–Kier alpha value is -2.44. The number of hydrogen-bond acceptors (Lipinski definition) is 5. The molecule has 3 aromatic rings. The molecule has 1 unspecified atom stereocenters. The maximum atomic E-state index is 13.1. The fourth-order valence-electron chi connectivity index (χ4n) is 3.38. The zero-order valence-electron chi connectivity index (χ0n) is 16.2. The standard InChI is InChI=1S/C22H24N2O3S/c1-15-10-11-16(2)21-20(15)23-22(28-21)24(13-18-9-6-12-26-18)19(25)14-27-17-7-4-3-5-8-17/h3-5,7-8,10-11,18H,6,9,12-14H2,1-2H3. The molecule has 1 saturated heterocycles. The van der Waals surface area contributed by atoms with Gasteiger partial charge in [-0.2, -0.15) is 0 Å². The van der Waals surface area contributed by atoms with Crippen molar-refractivity contribution in [2.24, 2.45) is 0 Å². The first kappa shape index (κ1) is 18.9. The van der Waals surface area contributed by atoms with Crippen LogP contribution < -0.4 is 9.64 Å². The van der Waals surface area contributed by atoms with Crippen LogP contribution in [0.4, 0.5) is 5.13 Å². The number of anilines is 1.